The second-order valence-electron chi connectivity index (χ2n) is 7.22. The van der Waals surface area contributed by atoms with Crippen LogP contribution in [0.4, 0.5) is 0 Å². The Bertz CT molecular complexity index is 751. The lowest BCUT2D eigenvalue weighted by Crippen LogP contribution is -2.47. The highest BCUT2D eigenvalue weighted by Gasteiger charge is 2.20. The van der Waals surface area contributed by atoms with Crippen molar-refractivity contribution in [3.8, 4) is 0 Å². The second kappa shape index (κ2) is 9.12. The van der Waals surface area contributed by atoms with Crippen LogP contribution in [0.1, 0.15) is 34.4 Å². The number of aryl methyl sites for hydroxylation is 1. The van der Waals surface area contributed by atoms with Crippen molar-refractivity contribution in [3.05, 3.63) is 53.2 Å². The van der Waals surface area contributed by atoms with Gasteiger partial charge in [0.05, 0.1) is 12.6 Å². The Labute approximate surface area is 160 Å². The van der Waals surface area contributed by atoms with E-state index in [2.05, 4.69) is 20.1 Å². The molecule has 0 spiro atoms. The summed E-state index contributed by atoms with van der Waals surface area (Å²) in [7, 11) is 0. The fraction of sp³-hybridized carbons (Fsp3) is 0.500. The normalized spacial score (nSPS) is 17.0. The molecule has 0 saturated carbocycles. The van der Waals surface area contributed by atoms with Gasteiger partial charge in [0.2, 0.25) is 5.89 Å². The number of aliphatic hydroxyl groups is 1. The number of carbonyl (C=O) groups is 1. The van der Waals surface area contributed by atoms with Crippen LogP contribution in [0.5, 0.6) is 0 Å². The molecule has 0 bridgehead atoms. The lowest BCUT2D eigenvalue weighted by molar-refractivity contribution is 0.0747. The van der Waals surface area contributed by atoms with Gasteiger partial charge in [-0.25, -0.2) is 4.98 Å². The van der Waals surface area contributed by atoms with Gasteiger partial charge in [0, 0.05) is 39.3 Å². The summed E-state index contributed by atoms with van der Waals surface area (Å²) in [6, 6.07) is 8.04. The molecule has 0 radical (unpaired) electrons. The first-order valence-electron chi connectivity index (χ1n) is 9.40. The van der Waals surface area contributed by atoms with E-state index in [0.29, 0.717) is 31.2 Å². The zero-order valence-electron chi connectivity index (χ0n) is 16.0. The van der Waals surface area contributed by atoms with Gasteiger partial charge < -0.3 is 14.8 Å². The summed E-state index contributed by atoms with van der Waals surface area (Å²) in [5, 5.41) is 12.4. The van der Waals surface area contributed by atoms with Crippen molar-refractivity contribution < 1.29 is 14.3 Å². The molecule has 0 unspecified atom stereocenters. The molecule has 1 amide bonds. The number of β-amino-alcohol motifs (C(OH)–C–C–N with tert-alkyl or cyclic N) is 1. The molecule has 146 valence electrons. The third-order valence-electron chi connectivity index (χ3n) is 4.67. The van der Waals surface area contributed by atoms with Crippen LogP contribution < -0.4 is 5.32 Å². The predicted octanol–water partition coefficient (Wildman–Crippen LogP) is 1.41. The summed E-state index contributed by atoms with van der Waals surface area (Å²) in [6.45, 7) is 9.21. The molecular weight excluding hydrogens is 344 g/mol. The number of aromatic nitrogens is 1. The molecule has 1 aromatic carbocycles. The molecule has 1 atom stereocenters. The lowest BCUT2D eigenvalue weighted by atomic mass is 10.1. The second-order valence-corrected chi connectivity index (χ2v) is 7.22. The molecule has 7 nitrogen and oxygen atoms in total. The van der Waals surface area contributed by atoms with Crippen molar-refractivity contribution in [1.29, 1.82) is 0 Å². The van der Waals surface area contributed by atoms with E-state index in [0.717, 1.165) is 31.7 Å². The van der Waals surface area contributed by atoms with Gasteiger partial charge in [0.1, 0.15) is 6.26 Å². The number of hydrogen-bond acceptors (Lipinski definition) is 6. The standard InChI is InChI=1S/C20H28N4O3/c1-15-4-3-5-17(10-15)11-21-20(26)18-14-27-19(22-18)13-24-8-6-23(7-9-24)12-16(2)25/h3-5,10,14,16,25H,6-9,11-13H2,1-2H3,(H,21,26)/t16-/m1/s1. The Morgan fingerprint density at radius 3 is 2.74 bits per heavy atom. The molecule has 2 aromatic rings. The average molecular weight is 372 g/mol. The van der Waals surface area contributed by atoms with Crippen molar-refractivity contribution in [2.24, 2.45) is 0 Å². The van der Waals surface area contributed by atoms with E-state index in [9.17, 15) is 9.90 Å². The molecule has 1 aliphatic heterocycles. The monoisotopic (exact) mass is 372 g/mol. The summed E-state index contributed by atoms with van der Waals surface area (Å²) in [5.41, 5.74) is 2.53. The Kier molecular flexibility index (Phi) is 6.60. The Balaban J connectivity index is 1.46. The van der Waals surface area contributed by atoms with Gasteiger partial charge in [-0.15, -0.1) is 0 Å². The number of carbonyl (C=O) groups excluding carboxylic acids is 1. The molecule has 1 saturated heterocycles. The van der Waals surface area contributed by atoms with Gasteiger partial charge in [0.25, 0.3) is 5.91 Å². The number of nitrogens with zero attached hydrogens (tertiary/aromatic N) is 3. The molecule has 27 heavy (non-hydrogen) atoms. The highest BCUT2D eigenvalue weighted by atomic mass is 16.3. The highest BCUT2D eigenvalue weighted by Crippen LogP contribution is 2.10. The first-order chi connectivity index (χ1) is 13.0. The third kappa shape index (κ3) is 5.89. The van der Waals surface area contributed by atoms with Crippen molar-refractivity contribution in [1.82, 2.24) is 20.1 Å². The van der Waals surface area contributed by atoms with E-state index in [4.69, 9.17) is 4.42 Å². The van der Waals surface area contributed by atoms with Crippen LogP contribution in [0.25, 0.3) is 0 Å². The van der Waals surface area contributed by atoms with E-state index in [-0.39, 0.29) is 12.0 Å². The maximum absolute atomic E-state index is 12.3. The number of nitrogens with one attached hydrogen (secondary N) is 1. The minimum Gasteiger partial charge on any atom is -0.447 e. The molecule has 1 aromatic heterocycles. The minimum absolute atomic E-state index is 0.228. The van der Waals surface area contributed by atoms with Crippen LogP contribution in [-0.2, 0) is 13.1 Å². The van der Waals surface area contributed by atoms with Gasteiger partial charge in [0.15, 0.2) is 5.69 Å². The van der Waals surface area contributed by atoms with Crippen LogP contribution >= 0.6 is 0 Å². The summed E-state index contributed by atoms with van der Waals surface area (Å²) < 4.78 is 5.48. The van der Waals surface area contributed by atoms with Crippen molar-refractivity contribution >= 4 is 5.91 Å². The summed E-state index contributed by atoms with van der Waals surface area (Å²) >= 11 is 0. The first kappa shape index (κ1) is 19.5. The fourth-order valence-electron chi connectivity index (χ4n) is 3.28. The van der Waals surface area contributed by atoms with E-state index < -0.39 is 0 Å². The topological polar surface area (TPSA) is 81.8 Å². The van der Waals surface area contributed by atoms with E-state index in [1.165, 1.54) is 11.8 Å². The molecule has 7 heteroatoms. The summed E-state index contributed by atoms with van der Waals surface area (Å²) in [6.07, 6.45) is 1.12. The zero-order chi connectivity index (χ0) is 19.2. The van der Waals surface area contributed by atoms with Gasteiger partial charge in [-0.05, 0) is 19.4 Å². The van der Waals surface area contributed by atoms with Crippen LogP contribution in [0, 0.1) is 6.92 Å². The average Bonchev–Trinajstić information content (AvgIpc) is 3.10. The summed E-state index contributed by atoms with van der Waals surface area (Å²) in [5.74, 6) is 0.327. The number of hydrogen-bond donors (Lipinski definition) is 2. The van der Waals surface area contributed by atoms with Gasteiger partial charge >= 0.3 is 0 Å². The quantitative estimate of drug-likeness (QED) is 0.765. The fourth-order valence-corrected chi connectivity index (χ4v) is 3.28. The van der Waals surface area contributed by atoms with E-state index in [1.807, 2.05) is 38.1 Å². The van der Waals surface area contributed by atoms with Crippen molar-refractivity contribution in [2.45, 2.75) is 33.0 Å². The summed E-state index contributed by atoms with van der Waals surface area (Å²) in [4.78, 5) is 21.1. The third-order valence-corrected chi connectivity index (χ3v) is 4.67. The molecule has 1 fully saturated rings. The van der Waals surface area contributed by atoms with Gasteiger partial charge in [-0.1, -0.05) is 29.8 Å². The van der Waals surface area contributed by atoms with Gasteiger partial charge in [-0.3, -0.25) is 14.6 Å². The maximum Gasteiger partial charge on any atom is 0.273 e. The smallest absolute Gasteiger partial charge is 0.273 e. The Morgan fingerprint density at radius 2 is 2.04 bits per heavy atom. The number of rotatable bonds is 7. The predicted molar refractivity (Wildman–Crippen MR) is 102 cm³/mol. The van der Waals surface area contributed by atoms with Crippen LogP contribution in [-0.4, -0.2) is 64.6 Å². The Morgan fingerprint density at radius 1 is 1.30 bits per heavy atom. The van der Waals surface area contributed by atoms with Crippen molar-refractivity contribution in [2.75, 3.05) is 32.7 Å². The van der Waals surface area contributed by atoms with Gasteiger partial charge in [-0.2, -0.15) is 0 Å². The van der Waals surface area contributed by atoms with Crippen LogP contribution in [0.15, 0.2) is 34.9 Å². The maximum atomic E-state index is 12.3. The van der Waals surface area contributed by atoms with Crippen LogP contribution in [0.2, 0.25) is 0 Å². The minimum atomic E-state index is -0.302. The molecular formula is C20H28N4O3. The molecule has 2 heterocycles. The molecule has 3 rings (SSSR count). The van der Waals surface area contributed by atoms with E-state index >= 15 is 0 Å². The molecule has 2 N–H and O–H groups in total. The molecule has 1 aliphatic rings. The van der Waals surface area contributed by atoms with Crippen molar-refractivity contribution in [3.63, 3.8) is 0 Å². The lowest BCUT2D eigenvalue weighted by Gasteiger charge is -2.34. The SMILES string of the molecule is Cc1cccc(CNC(=O)c2coc(CN3CCN(C[C@@H](C)O)CC3)n2)c1. The highest BCUT2D eigenvalue weighted by molar-refractivity contribution is 5.91. The zero-order valence-corrected chi connectivity index (χ0v) is 16.0. The van der Waals surface area contributed by atoms with Crippen LogP contribution in [0.3, 0.4) is 0 Å². The number of amides is 1. The number of aliphatic hydroxyl groups excluding tert-OH is 1. The number of benzene rings is 1. The first-order valence-corrected chi connectivity index (χ1v) is 9.40. The Hall–Kier alpha value is -2.22. The number of piperazine rings is 1. The van der Waals surface area contributed by atoms with E-state index in [1.54, 1.807) is 0 Å². The molecule has 0 aliphatic carbocycles. The number of oxazole rings is 1. The largest absolute Gasteiger partial charge is 0.447 e.